The number of aromatic nitrogens is 1. The first-order valence-electron chi connectivity index (χ1n) is 9.63. The molecule has 8 heteroatoms. The van der Waals surface area contributed by atoms with E-state index < -0.39 is 0 Å². The van der Waals surface area contributed by atoms with Gasteiger partial charge in [0, 0.05) is 24.8 Å². The fourth-order valence-electron chi connectivity index (χ4n) is 3.09. The van der Waals surface area contributed by atoms with E-state index in [1.807, 2.05) is 35.8 Å². The Hall–Kier alpha value is -2.84. The number of hydrogen-bond donors (Lipinski definition) is 0. The van der Waals surface area contributed by atoms with Crippen molar-refractivity contribution in [3.63, 3.8) is 0 Å². The Morgan fingerprint density at radius 3 is 2.47 bits per heavy atom. The maximum Gasteiger partial charge on any atom is 0.252 e. The molecule has 1 amide bonds. The highest BCUT2D eigenvalue weighted by atomic mass is 32.1. The zero-order valence-electron chi connectivity index (χ0n) is 17.6. The number of benzene rings is 2. The number of rotatable bonds is 9. The van der Waals surface area contributed by atoms with Gasteiger partial charge in [-0.3, -0.25) is 4.79 Å². The van der Waals surface area contributed by atoms with Gasteiger partial charge in [0.25, 0.3) is 5.91 Å². The summed E-state index contributed by atoms with van der Waals surface area (Å²) in [7, 11) is 4.79. The molecule has 0 fully saturated rings. The summed E-state index contributed by atoms with van der Waals surface area (Å²) in [5.74, 6) is 1.79. The smallest absolute Gasteiger partial charge is 0.252 e. The van der Waals surface area contributed by atoms with Crippen molar-refractivity contribution >= 4 is 27.5 Å². The van der Waals surface area contributed by atoms with Gasteiger partial charge in [-0.05, 0) is 31.2 Å². The van der Waals surface area contributed by atoms with E-state index in [0.717, 1.165) is 21.5 Å². The van der Waals surface area contributed by atoms with Crippen molar-refractivity contribution in [2.45, 2.75) is 19.9 Å². The van der Waals surface area contributed by atoms with Gasteiger partial charge >= 0.3 is 0 Å². The number of ether oxygens (including phenoxy) is 4. The average Bonchev–Trinajstić information content (AvgIpc) is 3.10. The van der Waals surface area contributed by atoms with Crippen LogP contribution in [0.15, 0.2) is 41.4 Å². The Kier molecular flexibility index (Phi) is 7.48. The second kappa shape index (κ2) is 10.3. The molecule has 0 radical (unpaired) electrons. The minimum absolute atomic E-state index is 0.135. The summed E-state index contributed by atoms with van der Waals surface area (Å²) in [5, 5.41) is 0. The summed E-state index contributed by atoms with van der Waals surface area (Å²) in [6.45, 7) is 3.75. The molecule has 0 saturated carbocycles. The summed E-state index contributed by atoms with van der Waals surface area (Å²) in [6, 6.07) is 11.2. The lowest BCUT2D eigenvalue weighted by molar-refractivity contribution is -0.117. The first-order chi connectivity index (χ1) is 14.6. The molecule has 0 bridgehead atoms. The second-order valence-corrected chi connectivity index (χ2v) is 7.44. The minimum atomic E-state index is -0.248. The number of carbonyl (C=O) groups is 1. The summed E-state index contributed by atoms with van der Waals surface area (Å²) in [6.07, 6.45) is 0.135. The van der Waals surface area contributed by atoms with Crippen LogP contribution in [0.4, 0.5) is 0 Å². The number of hydrogen-bond acceptors (Lipinski definition) is 6. The molecule has 0 saturated heterocycles. The Bertz CT molecular complexity index is 1090. The van der Waals surface area contributed by atoms with Gasteiger partial charge in [-0.25, -0.2) is 0 Å². The molecule has 0 aliphatic carbocycles. The lowest BCUT2D eigenvalue weighted by Gasteiger charge is -2.09. The molecule has 0 aliphatic heterocycles. The highest BCUT2D eigenvalue weighted by Crippen LogP contribution is 2.26. The van der Waals surface area contributed by atoms with Crippen molar-refractivity contribution in [2.24, 2.45) is 4.99 Å². The molecule has 30 heavy (non-hydrogen) atoms. The maximum atomic E-state index is 12.8. The van der Waals surface area contributed by atoms with Crippen LogP contribution in [0.1, 0.15) is 12.5 Å². The van der Waals surface area contributed by atoms with Crippen molar-refractivity contribution in [1.29, 1.82) is 0 Å². The molecule has 3 aromatic rings. The quantitative estimate of drug-likeness (QED) is 0.487. The van der Waals surface area contributed by atoms with Crippen molar-refractivity contribution in [3.8, 4) is 17.2 Å². The van der Waals surface area contributed by atoms with Gasteiger partial charge in [-0.2, -0.15) is 4.99 Å². The van der Waals surface area contributed by atoms with E-state index in [2.05, 4.69) is 4.99 Å². The van der Waals surface area contributed by atoms with Crippen LogP contribution in [0, 0.1) is 0 Å². The topological polar surface area (TPSA) is 71.3 Å². The van der Waals surface area contributed by atoms with Gasteiger partial charge in [0.1, 0.15) is 17.2 Å². The SMILES string of the molecule is CCOCCn1c(=NC(=O)Cc2ccc(OC)cc2OC)sc2cc(OC)ccc21. The van der Waals surface area contributed by atoms with E-state index in [1.54, 1.807) is 33.5 Å². The predicted octanol–water partition coefficient (Wildman–Crippen LogP) is 3.44. The van der Waals surface area contributed by atoms with Crippen LogP contribution < -0.4 is 19.0 Å². The first-order valence-corrected chi connectivity index (χ1v) is 10.4. The van der Waals surface area contributed by atoms with Gasteiger partial charge in [0.2, 0.25) is 0 Å². The normalized spacial score (nSPS) is 11.7. The van der Waals surface area contributed by atoms with E-state index >= 15 is 0 Å². The Balaban J connectivity index is 1.95. The van der Waals surface area contributed by atoms with E-state index in [1.165, 1.54) is 11.3 Å². The fraction of sp³-hybridized carbons (Fsp3) is 0.364. The van der Waals surface area contributed by atoms with Crippen molar-refractivity contribution in [1.82, 2.24) is 4.57 Å². The molecule has 1 heterocycles. The van der Waals surface area contributed by atoms with Crippen LogP contribution in [0.2, 0.25) is 0 Å². The number of carbonyl (C=O) groups excluding carboxylic acids is 1. The molecule has 0 unspecified atom stereocenters. The largest absolute Gasteiger partial charge is 0.497 e. The number of methoxy groups -OCH3 is 3. The minimum Gasteiger partial charge on any atom is -0.497 e. The zero-order valence-corrected chi connectivity index (χ0v) is 18.5. The lowest BCUT2D eigenvalue weighted by atomic mass is 10.1. The van der Waals surface area contributed by atoms with Crippen LogP contribution in [-0.2, 0) is 22.5 Å². The van der Waals surface area contributed by atoms with E-state index in [0.29, 0.717) is 36.1 Å². The Morgan fingerprint density at radius 1 is 1.03 bits per heavy atom. The summed E-state index contributed by atoms with van der Waals surface area (Å²) in [5.41, 5.74) is 1.75. The van der Waals surface area contributed by atoms with E-state index in [9.17, 15) is 4.79 Å². The Labute approximate surface area is 179 Å². The summed E-state index contributed by atoms with van der Waals surface area (Å²) >= 11 is 1.46. The number of nitrogens with zero attached hydrogens (tertiary/aromatic N) is 2. The third-order valence-corrected chi connectivity index (χ3v) is 5.65. The number of amides is 1. The number of fused-ring (bicyclic) bond motifs is 1. The van der Waals surface area contributed by atoms with Crippen LogP contribution in [0.3, 0.4) is 0 Å². The molecule has 0 atom stereocenters. The molecule has 0 N–H and O–H groups in total. The third-order valence-electron chi connectivity index (χ3n) is 4.61. The summed E-state index contributed by atoms with van der Waals surface area (Å²) in [4.78, 5) is 17.8. The maximum absolute atomic E-state index is 12.8. The van der Waals surface area contributed by atoms with Crippen LogP contribution >= 0.6 is 11.3 Å². The van der Waals surface area contributed by atoms with Crippen molar-refractivity contribution in [3.05, 3.63) is 46.8 Å². The molecule has 160 valence electrons. The monoisotopic (exact) mass is 430 g/mol. The van der Waals surface area contributed by atoms with Gasteiger partial charge in [-0.15, -0.1) is 0 Å². The van der Waals surface area contributed by atoms with Gasteiger partial charge in [0.15, 0.2) is 4.80 Å². The highest BCUT2D eigenvalue weighted by Gasteiger charge is 2.12. The zero-order chi connectivity index (χ0) is 21.5. The standard InChI is InChI=1S/C22H26N2O5S/c1-5-29-11-10-24-18-9-8-17(27-3)14-20(18)30-22(24)23-21(25)12-15-6-7-16(26-2)13-19(15)28-4/h6-9,13-14H,5,10-12H2,1-4H3. The first kappa shape index (κ1) is 21.9. The van der Waals surface area contributed by atoms with Crippen LogP contribution in [-0.4, -0.2) is 45.0 Å². The molecular formula is C22H26N2O5S. The van der Waals surface area contributed by atoms with Crippen LogP contribution in [0.5, 0.6) is 17.2 Å². The predicted molar refractivity (Wildman–Crippen MR) is 117 cm³/mol. The van der Waals surface area contributed by atoms with E-state index in [4.69, 9.17) is 18.9 Å². The van der Waals surface area contributed by atoms with E-state index in [-0.39, 0.29) is 12.3 Å². The van der Waals surface area contributed by atoms with Crippen molar-refractivity contribution < 1.29 is 23.7 Å². The average molecular weight is 431 g/mol. The van der Waals surface area contributed by atoms with Gasteiger partial charge < -0.3 is 23.5 Å². The summed E-state index contributed by atoms with van der Waals surface area (Å²) < 4.78 is 24.5. The fourth-order valence-corrected chi connectivity index (χ4v) is 4.19. The van der Waals surface area contributed by atoms with Gasteiger partial charge in [-0.1, -0.05) is 17.4 Å². The molecule has 2 aromatic carbocycles. The third kappa shape index (κ3) is 5.01. The van der Waals surface area contributed by atoms with Crippen LogP contribution in [0.25, 0.3) is 10.2 Å². The molecule has 3 rings (SSSR count). The molecule has 1 aromatic heterocycles. The molecule has 7 nitrogen and oxygen atoms in total. The molecule has 0 spiro atoms. The number of thiazole rings is 1. The lowest BCUT2D eigenvalue weighted by Crippen LogP contribution is -2.20. The highest BCUT2D eigenvalue weighted by molar-refractivity contribution is 7.16. The second-order valence-electron chi connectivity index (χ2n) is 6.43. The Morgan fingerprint density at radius 2 is 1.77 bits per heavy atom. The van der Waals surface area contributed by atoms with Gasteiger partial charge in [0.05, 0.1) is 44.6 Å². The molecular weight excluding hydrogens is 404 g/mol. The molecule has 0 aliphatic rings. The van der Waals surface area contributed by atoms with Crippen molar-refractivity contribution in [2.75, 3.05) is 34.5 Å².